The third-order valence-electron chi connectivity index (χ3n) is 6.16. The Morgan fingerprint density at radius 2 is 1.86 bits per heavy atom. The van der Waals surface area contributed by atoms with Crippen LogP contribution < -0.4 is 9.64 Å². The molecular formula is C24H27F3N4O3S. The highest BCUT2D eigenvalue weighted by atomic mass is 32.2. The van der Waals surface area contributed by atoms with E-state index in [1.807, 2.05) is 48.5 Å². The zero-order valence-corrected chi connectivity index (χ0v) is 20.3. The molecule has 11 heteroatoms. The van der Waals surface area contributed by atoms with Gasteiger partial charge in [-0.3, -0.25) is 0 Å². The van der Waals surface area contributed by atoms with Gasteiger partial charge in [-0.2, -0.15) is 17.5 Å². The number of nitrogens with zero attached hydrogens (tertiary/aromatic N) is 4. The van der Waals surface area contributed by atoms with Crippen molar-refractivity contribution in [1.29, 1.82) is 0 Å². The van der Waals surface area contributed by atoms with Crippen LogP contribution in [-0.4, -0.2) is 47.5 Å². The quantitative estimate of drug-likeness (QED) is 0.481. The molecule has 1 aliphatic rings. The molecule has 4 rings (SSSR count). The number of anilines is 1. The SMILES string of the molecule is COc1cccc2c1CN(S(=O)(=O)C(F)(F)F)C[C@@H](CCc1ccccc1)N2Cc1cn(C)cn1. The summed E-state index contributed by atoms with van der Waals surface area (Å²) in [5.41, 5.74) is -2.65. The predicted octanol–water partition coefficient (Wildman–Crippen LogP) is 4.10. The van der Waals surface area contributed by atoms with Gasteiger partial charge in [0.1, 0.15) is 5.75 Å². The van der Waals surface area contributed by atoms with Gasteiger partial charge >= 0.3 is 15.5 Å². The third-order valence-corrected chi connectivity index (χ3v) is 7.70. The Hall–Kier alpha value is -3.05. The first-order valence-electron chi connectivity index (χ1n) is 11.1. The van der Waals surface area contributed by atoms with Crippen molar-refractivity contribution in [3.63, 3.8) is 0 Å². The van der Waals surface area contributed by atoms with Crippen molar-refractivity contribution >= 4 is 15.7 Å². The first-order chi connectivity index (χ1) is 16.6. The number of aryl methyl sites for hydroxylation is 2. The summed E-state index contributed by atoms with van der Waals surface area (Å²) in [6.07, 6.45) is 4.50. The van der Waals surface area contributed by atoms with Gasteiger partial charge in [-0.05, 0) is 30.5 Å². The van der Waals surface area contributed by atoms with Gasteiger partial charge in [0.15, 0.2) is 0 Å². The van der Waals surface area contributed by atoms with Crippen molar-refractivity contribution < 1.29 is 26.3 Å². The van der Waals surface area contributed by atoms with E-state index in [1.165, 1.54) is 7.11 Å². The lowest BCUT2D eigenvalue weighted by Gasteiger charge is -2.34. The second-order valence-corrected chi connectivity index (χ2v) is 10.5. The first kappa shape index (κ1) is 25.1. The average Bonchev–Trinajstić information content (AvgIpc) is 3.16. The number of sulfonamides is 1. The summed E-state index contributed by atoms with van der Waals surface area (Å²) in [5, 5.41) is 0. The van der Waals surface area contributed by atoms with E-state index < -0.39 is 28.1 Å². The van der Waals surface area contributed by atoms with Crippen molar-refractivity contribution in [2.45, 2.75) is 37.5 Å². The van der Waals surface area contributed by atoms with Crippen LogP contribution in [0.1, 0.15) is 23.2 Å². The van der Waals surface area contributed by atoms with Crippen molar-refractivity contribution in [3.8, 4) is 5.75 Å². The Morgan fingerprint density at radius 3 is 2.49 bits per heavy atom. The Labute approximate surface area is 202 Å². The molecule has 35 heavy (non-hydrogen) atoms. The fraction of sp³-hybridized carbons (Fsp3) is 0.375. The normalized spacial score (nSPS) is 17.2. The maximum Gasteiger partial charge on any atom is 0.511 e. The number of hydrogen-bond acceptors (Lipinski definition) is 5. The van der Waals surface area contributed by atoms with Gasteiger partial charge in [0.25, 0.3) is 0 Å². The van der Waals surface area contributed by atoms with Crippen LogP contribution in [0.25, 0.3) is 0 Å². The van der Waals surface area contributed by atoms with Gasteiger partial charge in [-0.25, -0.2) is 13.4 Å². The van der Waals surface area contributed by atoms with E-state index in [0.29, 0.717) is 40.7 Å². The Balaban J connectivity index is 1.80. The number of imidazole rings is 1. The molecule has 3 aromatic rings. The maximum atomic E-state index is 13.6. The van der Waals surface area contributed by atoms with Crippen LogP contribution >= 0.6 is 0 Å². The van der Waals surface area contributed by atoms with E-state index in [0.717, 1.165) is 11.3 Å². The molecule has 0 fully saturated rings. The van der Waals surface area contributed by atoms with Crippen LogP contribution in [0.4, 0.5) is 18.9 Å². The lowest BCUT2D eigenvalue weighted by molar-refractivity contribution is -0.0492. The monoisotopic (exact) mass is 508 g/mol. The van der Waals surface area contributed by atoms with Crippen molar-refractivity contribution in [2.24, 2.45) is 7.05 Å². The van der Waals surface area contributed by atoms with E-state index in [-0.39, 0.29) is 6.54 Å². The molecule has 0 radical (unpaired) electrons. The first-order valence-corrected chi connectivity index (χ1v) is 12.5. The minimum atomic E-state index is -5.57. The number of halogens is 3. The summed E-state index contributed by atoms with van der Waals surface area (Å²) >= 11 is 0. The smallest absolute Gasteiger partial charge is 0.496 e. The van der Waals surface area contributed by atoms with Gasteiger partial charge in [0.05, 0.1) is 25.7 Å². The molecule has 2 aromatic carbocycles. The van der Waals surface area contributed by atoms with Gasteiger partial charge < -0.3 is 14.2 Å². The number of benzene rings is 2. The summed E-state index contributed by atoms with van der Waals surface area (Å²) in [5.74, 6) is 0.333. The predicted molar refractivity (Wildman–Crippen MR) is 126 cm³/mol. The summed E-state index contributed by atoms with van der Waals surface area (Å²) in [6, 6.07) is 14.2. The molecule has 2 heterocycles. The second kappa shape index (κ2) is 9.90. The lowest BCUT2D eigenvalue weighted by atomic mass is 10.0. The van der Waals surface area contributed by atoms with Crippen LogP contribution in [0.15, 0.2) is 61.1 Å². The highest BCUT2D eigenvalue weighted by molar-refractivity contribution is 7.89. The van der Waals surface area contributed by atoms with E-state index in [4.69, 9.17) is 4.74 Å². The number of ether oxygens (including phenoxy) is 1. The number of hydrogen-bond donors (Lipinski definition) is 0. The molecule has 1 aliphatic heterocycles. The molecule has 0 unspecified atom stereocenters. The zero-order valence-electron chi connectivity index (χ0n) is 19.4. The highest BCUT2D eigenvalue weighted by Crippen LogP contribution is 2.39. The largest absolute Gasteiger partial charge is 0.511 e. The second-order valence-electron chi connectivity index (χ2n) is 8.54. The number of rotatable bonds is 7. The standard InChI is InChI=1S/C24H27F3N4O3S/c1-29-13-19(28-17-29)14-31-20(12-11-18-7-4-3-5-8-18)15-30(35(32,33)24(25,26)27)16-21-22(31)9-6-10-23(21)34-2/h3-10,13,17,20H,11-12,14-16H2,1-2H3/t20-/m1/s1. The van der Waals surface area contributed by atoms with Gasteiger partial charge in [-0.1, -0.05) is 36.4 Å². The molecule has 0 saturated heterocycles. The highest BCUT2D eigenvalue weighted by Gasteiger charge is 2.51. The summed E-state index contributed by atoms with van der Waals surface area (Å²) in [7, 11) is -2.32. The van der Waals surface area contributed by atoms with Crippen LogP contribution in [0, 0.1) is 0 Å². The summed E-state index contributed by atoms with van der Waals surface area (Å²) in [4.78, 5) is 6.35. The topological polar surface area (TPSA) is 67.7 Å². The number of methoxy groups -OCH3 is 1. The minimum absolute atomic E-state index is 0.306. The minimum Gasteiger partial charge on any atom is -0.496 e. The zero-order chi connectivity index (χ0) is 25.2. The molecule has 0 N–H and O–H groups in total. The van der Waals surface area contributed by atoms with Crippen LogP contribution in [0.5, 0.6) is 5.75 Å². The number of alkyl halides is 3. The average molecular weight is 509 g/mol. The molecule has 1 aromatic heterocycles. The van der Waals surface area contributed by atoms with Crippen LogP contribution in [0.2, 0.25) is 0 Å². The molecule has 0 saturated carbocycles. The van der Waals surface area contributed by atoms with Crippen molar-refractivity contribution in [2.75, 3.05) is 18.6 Å². The lowest BCUT2D eigenvalue weighted by Crippen LogP contribution is -2.47. The molecule has 1 atom stereocenters. The van der Waals surface area contributed by atoms with Crippen LogP contribution in [-0.2, 0) is 36.6 Å². The molecule has 7 nitrogen and oxygen atoms in total. The number of fused-ring (bicyclic) bond motifs is 1. The Morgan fingerprint density at radius 1 is 1.11 bits per heavy atom. The van der Waals surface area contributed by atoms with Gasteiger partial charge in [0.2, 0.25) is 0 Å². The summed E-state index contributed by atoms with van der Waals surface area (Å²) < 4.78 is 73.9. The molecule has 0 spiro atoms. The summed E-state index contributed by atoms with van der Waals surface area (Å²) in [6.45, 7) is -0.457. The van der Waals surface area contributed by atoms with Gasteiger partial charge in [0, 0.05) is 43.6 Å². The molecule has 188 valence electrons. The fourth-order valence-electron chi connectivity index (χ4n) is 4.44. The molecule has 0 amide bonds. The molecule has 0 bridgehead atoms. The Bertz CT molecular complexity index is 1260. The van der Waals surface area contributed by atoms with Crippen molar-refractivity contribution in [1.82, 2.24) is 13.9 Å². The van der Waals surface area contributed by atoms with Crippen LogP contribution in [0.3, 0.4) is 0 Å². The van der Waals surface area contributed by atoms with E-state index >= 15 is 0 Å². The van der Waals surface area contributed by atoms with Gasteiger partial charge in [-0.15, -0.1) is 0 Å². The van der Waals surface area contributed by atoms with E-state index in [9.17, 15) is 21.6 Å². The Kier molecular flexibility index (Phi) is 7.09. The van der Waals surface area contributed by atoms with Crippen molar-refractivity contribution in [3.05, 3.63) is 77.9 Å². The fourth-order valence-corrected chi connectivity index (χ4v) is 5.40. The van der Waals surface area contributed by atoms with E-state index in [1.54, 1.807) is 29.1 Å². The molecule has 0 aliphatic carbocycles. The molecular weight excluding hydrogens is 481 g/mol. The maximum absolute atomic E-state index is 13.6. The number of aromatic nitrogens is 2. The van der Waals surface area contributed by atoms with E-state index in [2.05, 4.69) is 4.98 Å². The third kappa shape index (κ3) is 5.30.